The second kappa shape index (κ2) is 3.91. The van der Waals surface area contributed by atoms with Crippen LogP contribution in [0.15, 0.2) is 37.1 Å². The summed E-state index contributed by atoms with van der Waals surface area (Å²) in [7, 11) is 0. The second-order valence-corrected chi connectivity index (χ2v) is 3.56. The van der Waals surface area contributed by atoms with Gasteiger partial charge < -0.3 is 5.73 Å². The third kappa shape index (κ3) is 1.64. The average Bonchev–Trinajstić information content (AvgIpc) is 2.86. The van der Waals surface area contributed by atoms with Crippen LogP contribution in [0.25, 0.3) is 16.6 Å². The van der Waals surface area contributed by atoms with Crippen LogP contribution in [0.1, 0.15) is 5.82 Å². The van der Waals surface area contributed by atoms with Gasteiger partial charge in [-0.25, -0.2) is 19.6 Å². The number of rotatable bonds is 2. The topological polar surface area (TPSA) is 82.5 Å². The molecule has 6 heteroatoms. The van der Waals surface area contributed by atoms with E-state index in [9.17, 15) is 0 Å². The van der Waals surface area contributed by atoms with Gasteiger partial charge in [-0.05, 0) is 18.2 Å². The van der Waals surface area contributed by atoms with Gasteiger partial charge in [0, 0.05) is 11.6 Å². The van der Waals surface area contributed by atoms with Crippen molar-refractivity contribution in [3.8, 4) is 5.69 Å². The Hall–Kier alpha value is -2.34. The zero-order valence-corrected chi connectivity index (χ0v) is 8.98. The fourth-order valence-electron chi connectivity index (χ4n) is 1.72. The van der Waals surface area contributed by atoms with Crippen molar-refractivity contribution < 1.29 is 0 Å². The van der Waals surface area contributed by atoms with Crippen molar-refractivity contribution in [2.75, 3.05) is 0 Å². The Morgan fingerprint density at radius 1 is 1.18 bits per heavy atom. The number of benzene rings is 1. The summed E-state index contributed by atoms with van der Waals surface area (Å²) in [4.78, 5) is 12.2. The minimum atomic E-state index is 0.351. The third-order valence-electron chi connectivity index (χ3n) is 2.53. The molecule has 0 radical (unpaired) electrons. The summed E-state index contributed by atoms with van der Waals surface area (Å²) in [5, 5.41) is 5.11. The van der Waals surface area contributed by atoms with E-state index >= 15 is 0 Å². The lowest BCUT2D eigenvalue weighted by molar-refractivity contribution is 0.790. The van der Waals surface area contributed by atoms with Gasteiger partial charge in [0.05, 0.1) is 17.7 Å². The lowest BCUT2D eigenvalue weighted by Gasteiger charge is -2.05. The first kappa shape index (κ1) is 9.86. The first-order chi connectivity index (χ1) is 8.38. The predicted molar refractivity (Wildman–Crippen MR) is 62.3 cm³/mol. The first-order valence-corrected chi connectivity index (χ1v) is 5.17. The van der Waals surface area contributed by atoms with Crippen LogP contribution in [0.2, 0.25) is 0 Å². The summed E-state index contributed by atoms with van der Waals surface area (Å²) in [5.74, 6) is 0.723. The summed E-state index contributed by atoms with van der Waals surface area (Å²) in [6.45, 7) is 0.351. The highest BCUT2D eigenvalue weighted by molar-refractivity contribution is 5.79. The molecule has 17 heavy (non-hydrogen) atoms. The minimum absolute atomic E-state index is 0.351. The molecule has 0 spiro atoms. The monoisotopic (exact) mass is 226 g/mol. The maximum absolute atomic E-state index is 5.60. The Labute approximate surface area is 97.1 Å². The van der Waals surface area contributed by atoms with Crippen LogP contribution in [0.3, 0.4) is 0 Å². The molecule has 0 aliphatic carbocycles. The summed E-state index contributed by atoms with van der Waals surface area (Å²) in [6.07, 6.45) is 4.79. The molecule has 0 atom stereocenters. The van der Waals surface area contributed by atoms with E-state index in [-0.39, 0.29) is 0 Å². The number of hydrogen-bond acceptors (Lipinski definition) is 5. The molecule has 6 nitrogen and oxygen atoms in total. The van der Waals surface area contributed by atoms with Crippen LogP contribution in [0.4, 0.5) is 0 Å². The number of hydrogen-bond donors (Lipinski definition) is 1. The fraction of sp³-hybridized carbons (Fsp3) is 0.0909. The second-order valence-electron chi connectivity index (χ2n) is 3.56. The molecule has 3 aromatic rings. The van der Waals surface area contributed by atoms with Gasteiger partial charge in [0.25, 0.3) is 0 Å². The first-order valence-electron chi connectivity index (χ1n) is 5.17. The molecule has 1 aromatic carbocycles. The van der Waals surface area contributed by atoms with Gasteiger partial charge in [-0.3, -0.25) is 0 Å². The van der Waals surface area contributed by atoms with Crippen molar-refractivity contribution in [2.45, 2.75) is 6.54 Å². The molecular weight excluding hydrogens is 216 g/mol. The molecule has 2 N–H and O–H groups in total. The van der Waals surface area contributed by atoms with Crippen LogP contribution in [0, 0.1) is 0 Å². The molecule has 0 aliphatic heterocycles. The van der Waals surface area contributed by atoms with Gasteiger partial charge >= 0.3 is 0 Å². The molecule has 84 valence electrons. The van der Waals surface area contributed by atoms with Gasteiger partial charge in [-0.15, -0.1) is 0 Å². The van der Waals surface area contributed by atoms with Crippen molar-refractivity contribution in [3.05, 3.63) is 42.9 Å². The largest absolute Gasteiger partial charge is 0.324 e. The standard InChI is InChI=1S/C11H10N6/c12-4-11-15-7-16-17(11)9-1-2-10-8(3-9)5-13-6-14-10/h1-3,5-7H,4,12H2. The van der Waals surface area contributed by atoms with E-state index in [2.05, 4.69) is 20.1 Å². The van der Waals surface area contributed by atoms with Crippen LogP contribution in [0.5, 0.6) is 0 Å². The normalized spacial score (nSPS) is 10.9. The van der Waals surface area contributed by atoms with E-state index in [4.69, 9.17) is 5.73 Å². The molecule has 0 unspecified atom stereocenters. The number of aromatic nitrogens is 5. The average molecular weight is 226 g/mol. The fourth-order valence-corrected chi connectivity index (χ4v) is 1.72. The molecule has 0 aliphatic rings. The highest BCUT2D eigenvalue weighted by Gasteiger charge is 2.05. The Kier molecular flexibility index (Phi) is 2.27. The molecule has 2 aromatic heterocycles. The van der Waals surface area contributed by atoms with E-state index in [0.29, 0.717) is 6.54 Å². The van der Waals surface area contributed by atoms with Gasteiger partial charge in [0.1, 0.15) is 18.5 Å². The van der Waals surface area contributed by atoms with E-state index in [0.717, 1.165) is 22.4 Å². The molecule has 0 bridgehead atoms. The highest BCUT2D eigenvalue weighted by Crippen LogP contribution is 2.15. The molecule has 3 rings (SSSR count). The lowest BCUT2D eigenvalue weighted by atomic mass is 10.2. The maximum Gasteiger partial charge on any atom is 0.145 e. The van der Waals surface area contributed by atoms with E-state index in [1.165, 1.54) is 12.7 Å². The molecule has 0 saturated carbocycles. The van der Waals surface area contributed by atoms with E-state index in [1.807, 2.05) is 18.2 Å². The molecule has 0 amide bonds. The maximum atomic E-state index is 5.60. The van der Waals surface area contributed by atoms with Gasteiger partial charge in [0.2, 0.25) is 0 Å². The van der Waals surface area contributed by atoms with Crippen LogP contribution in [-0.2, 0) is 6.54 Å². The summed E-state index contributed by atoms with van der Waals surface area (Å²) >= 11 is 0. The Morgan fingerprint density at radius 3 is 3.00 bits per heavy atom. The number of fused-ring (bicyclic) bond motifs is 1. The lowest BCUT2D eigenvalue weighted by Crippen LogP contribution is -2.07. The van der Waals surface area contributed by atoms with Crippen molar-refractivity contribution >= 4 is 10.9 Å². The molecular formula is C11H10N6. The van der Waals surface area contributed by atoms with Crippen LogP contribution in [-0.4, -0.2) is 24.7 Å². The van der Waals surface area contributed by atoms with Crippen molar-refractivity contribution in [3.63, 3.8) is 0 Å². The summed E-state index contributed by atoms with van der Waals surface area (Å²) in [6, 6.07) is 5.82. The van der Waals surface area contributed by atoms with Gasteiger partial charge in [-0.2, -0.15) is 5.10 Å². The number of nitrogens with two attached hydrogens (primary N) is 1. The van der Waals surface area contributed by atoms with E-state index < -0.39 is 0 Å². The smallest absolute Gasteiger partial charge is 0.145 e. The zero-order valence-electron chi connectivity index (χ0n) is 8.98. The zero-order chi connectivity index (χ0) is 11.7. The molecule has 0 fully saturated rings. The summed E-state index contributed by atoms with van der Waals surface area (Å²) < 4.78 is 1.71. The van der Waals surface area contributed by atoms with Crippen LogP contribution < -0.4 is 5.73 Å². The molecule has 0 saturated heterocycles. The SMILES string of the molecule is NCc1ncnn1-c1ccc2ncncc2c1. The third-order valence-corrected chi connectivity index (χ3v) is 2.53. The van der Waals surface area contributed by atoms with Crippen molar-refractivity contribution in [2.24, 2.45) is 5.73 Å². The Balaban J connectivity index is 2.18. The predicted octanol–water partition coefficient (Wildman–Crippen LogP) is 0.669. The van der Waals surface area contributed by atoms with Crippen molar-refractivity contribution in [1.29, 1.82) is 0 Å². The quantitative estimate of drug-likeness (QED) is 0.694. The van der Waals surface area contributed by atoms with E-state index in [1.54, 1.807) is 10.9 Å². The highest BCUT2D eigenvalue weighted by atomic mass is 15.3. The Morgan fingerprint density at radius 2 is 2.12 bits per heavy atom. The van der Waals surface area contributed by atoms with Crippen LogP contribution >= 0.6 is 0 Å². The molecule has 2 heterocycles. The number of nitrogens with zero attached hydrogens (tertiary/aromatic N) is 5. The van der Waals surface area contributed by atoms with Gasteiger partial charge in [0.15, 0.2) is 0 Å². The van der Waals surface area contributed by atoms with Gasteiger partial charge in [-0.1, -0.05) is 0 Å². The van der Waals surface area contributed by atoms with Crippen molar-refractivity contribution in [1.82, 2.24) is 24.7 Å². The minimum Gasteiger partial charge on any atom is -0.324 e. The summed E-state index contributed by atoms with van der Waals surface area (Å²) in [5.41, 5.74) is 7.41. The Bertz CT molecular complexity index is 660.